The average molecular weight is 323 g/mol. The van der Waals surface area contributed by atoms with E-state index in [1.807, 2.05) is 24.3 Å². The van der Waals surface area contributed by atoms with Gasteiger partial charge in [-0.25, -0.2) is 0 Å². The summed E-state index contributed by atoms with van der Waals surface area (Å²) in [6.45, 7) is 0. The van der Waals surface area contributed by atoms with Crippen molar-refractivity contribution in [2.75, 3.05) is 0 Å². The molecule has 7 nitrogen and oxygen atoms in total. The highest BCUT2D eigenvalue weighted by molar-refractivity contribution is 8.93. The van der Waals surface area contributed by atoms with Crippen LogP contribution >= 0.6 is 25.2 Å². The van der Waals surface area contributed by atoms with Gasteiger partial charge in [-0.15, -0.1) is 17.0 Å². The monoisotopic (exact) mass is 322 g/mol. The van der Waals surface area contributed by atoms with E-state index >= 15 is 0 Å². The van der Waals surface area contributed by atoms with E-state index in [2.05, 4.69) is 20.4 Å². The topological polar surface area (TPSA) is 109 Å². The van der Waals surface area contributed by atoms with Crippen LogP contribution in [0.15, 0.2) is 49.1 Å². The van der Waals surface area contributed by atoms with Gasteiger partial charge in [0.25, 0.3) is 0 Å². The molecule has 2 N–H and O–H groups in total. The number of rotatable bonds is 0. The molecule has 9 heteroatoms. The summed E-state index contributed by atoms with van der Waals surface area (Å²) in [5.74, 6) is 0. The number of hydrogen-bond donors (Lipinski definition) is 2. The molecule has 94 valence electrons. The van der Waals surface area contributed by atoms with Crippen molar-refractivity contribution in [3.05, 3.63) is 49.1 Å². The number of nitrogens with zero attached hydrogens (tertiary/aromatic N) is 4. The molecule has 2 heterocycles. The minimum Gasteiger partial charge on any atom is -0.326 e. The predicted molar refractivity (Wildman–Crippen MR) is 67.8 cm³/mol. The van der Waals surface area contributed by atoms with Gasteiger partial charge in [-0.05, 0) is 24.3 Å². The van der Waals surface area contributed by atoms with E-state index in [0.717, 1.165) is 0 Å². The Morgan fingerprint density at radius 3 is 0.941 bits per heavy atom. The quantitative estimate of drug-likeness (QED) is 0.693. The van der Waals surface area contributed by atoms with Crippen LogP contribution in [0.2, 0.25) is 0 Å². The van der Waals surface area contributed by atoms with Gasteiger partial charge in [0, 0.05) is 24.8 Å². The Bertz CT molecular complexity index is 279. The second-order valence-electron chi connectivity index (χ2n) is 2.11. The first-order valence-corrected chi connectivity index (χ1v) is 5.39. The Hall–Kier alpha value is -1.21. The fourth-order valence-electron chi connectivity index (χ4n) is 0.507. The molecule has 2 aromatic rings. The number of halogens is 1. The zero-order chi connectivity index (χ0) is 12.1. The first kappa shape index (κ1) is 18.2. The van der Waals surface area contributed by atoms with E-state index in [1.54, 1.807) is 24.8 Å². The van der Waals surface area contributed by atoms with Crippen LogP contribution in [0, 0.1) is 0 Å². The van der Waals surface area contributed by atoms with E-state index in [-0.39, 0.29) is 17.0 Å². The maximum absolute atomic E-state index is 8.74. The van der Waals surface area contributed by atoms with Crippen LogP contribution in [0.5, 0.6) is 0 Å². The summed E-state index contributed by atoms with van der Waals surface area (Å²) in [7, 11) is -3.13. The van der Waals surface area contributed by atoms with Crippen molar-refractivity contribution in [2.24, 2.45) is 0 Å². The summed E-state index contributed by atoms with van der Waals surface area (Å²) < 4.78 is 8.74. The van der Waals surface area contributed by atoms with Crippen LogP contribution in [-0.4, -0.2) is 30.2 Å². The smallest absolute Gasteiger partial charge is 0.314 e. The van der Waals surface area contributed by atoms with E-state index in [1.165, 1.54) is 0 Å². The summed E-state index contributed by atoms with van der Waals surface area (Å²) in [6.07, 6.45) is 6.56. The Balaban J connectivity index is 0. The molecule has 0 aromatic carbocycles. The first-order chi connectivity index (χ1) is 7.73. The lowest BCUT2D eigenvalue weighted by molar-refractivity contribution is 0.405. The van der Waals surface area contributed by atoms with Crippen molar-refractivity contribution >= 4 is 25.2 Å². The van der Waals surface area contributed by atoms with Crippen LogP contribution in [0.25, 0.3) is 0 Å². The van der Waals surface area contributed by atoms with Crippen molar-refractivity contribution < 1.29 is 14.4 Å². The zero-order valence-electron chi connectivity index (χ0n) is 8.62. The van der Waals surface area contributed by atoms with Crippen molar-refractivity contribution in [1.29, 1.82) is 0 Å². The molecule has 0 aliphatic carbocycles. The normalized spacial score (nSPS) is 7.71. The molecule has 17 heavy (non-hydrogen) atoms. The van der Waals surface area contributed by atoms with E-state index in [9.17, 15) is 0 Å². The SMILES string of the molecule is Br.O=[PH](O)O.c1ccnnc1.c1ccnnc1. The maximum Gasteiger partial charge on any atom is 0.314 e. The van der Waals surface area contributed by atoms with Gasteiger partial charge >= 0.3 is 8.25 Å². The van der Waals surface area contributed by atoms with Crippen LogP contribution in [-0.2, 0) is 4.57 Å². The molecule has 0 atom stereocenters. The van der Waals surface area contributed by atoms with Gasteiger partial charge in [0.15, 0.2) is 0 Å². The van der Waals surface area contributed by atoms with Crippen molar-refractivity contribution in [2.45, 2.75) is 0 Å². The van der Waals surface area contributed by atoms with Gasteiger partial charge in [0.1, 0.15) is 0 Å². The molecule has 0 unspecified atom stereocenters. The summed E-state index contributed by atoms with van der Waals surface area (Å²) in [4.78, 5) is 14.3. The Kier molecular flexibility index (Phi) is 15.8. The third-order valence-corrected chi connectivity index (χ3v) is 0.966. The Morgan fingerprint density at radius 1 is 0.706 bits per heavy atom. The molecule has 2 aromatic heterocycles. The van der Waals surface area contributed by atoms with Gasteiger partial charge in [-0.2, -0.15) is 20.4 Å². The fraction of sp³-hybridized carbons (Fsp3) is 0. The van der Waals surface area contributed by atoms with Crippen LogP contribution in [0.1, 0.15) is 0 Å². The molecule has 0 saturated carbocycles. The predicted octanol–water partition coefficient (Wildman–Crippen LogP) is 0.892. The fourth-order valence-corrected chi connectivity index (χ4v) is 0.507. The van der Waals surface area contributed by atoms with E-state index in [0.29, 0.717) is 0 Å². The van der Waals surface area contributed by atoms with Crippen LogP contribution < -0.4 is 0 Å². The Labute approximate surface area is 109 Å². The van der Waals surface area contributed by atoms with Gasteiger partial charge in [-0.3, -0.25) is 4.57 Å². The summed E-state index contributed by atoms with van der Waals surface area (Å²) in [5, 5.41) is 14.1. The average Bonchev–Trinajstić information content (AvgIpc) is 2.34. The van der Waals surface area contributed by atoms with Gasteiger partial charge < -0.3 is 9.79 Å². The highest BCUT2D eigenvalue weighted by atomic mass is 79.9. The van der Waals surface area contributed by atoms with Gasteiger partial charge in [-0.1, -0.05) is 0 Å². The van der Waals surface area contributed by atoms with Crippen molar-refractivity contribution in [3.8, 4) is 0 Å². The number of hydrogen-bond acceptors (Lipinski definition) is 5. The lowest BCUT2D eigenvalue weighted by Gasteiger charge is -1.69. The third kappa shape index (κ3) is 20.8. The third-order valence-electron chi connectivity index (χ3n) is 0.966. The highest BCUT2D eigenvalue weighted by Gasteiger charge is 1.61. The molecular weight excluding hydrogens is 311 g/mol. The standard InChI is InChI=1S/2C4H4N2.BrH.H3O3P/c2*1-2-4-6-5-3-1;;1-4(2)3/h2*1-4H;1H;4H,(H2,1,2,3). The Morgan fingerprint density at radius 2 is 0.882 bits per heavy atom. The number of aromatic nitrogens is 4. The molecular formula is C8H12BrN4O3P. The summed E-state index contributed by atoms with van der Waals surface area (Å²) in [5.41, 5.74) is 0. The highest BCUT2D eigenvalue weighted by Crippen LogP contribution is 1.98. The zero-order valence-corrected chi connectivity index (χ0v) is 11.3. The van der Waals surface area contributed by atoms with Gasteiger partial charge in [0.2, 0.25) is 0 Å². The second-order valence-corrected chi connectivity index (χ2v) is 2.68. The second kappa shape index (κ2) is 14.8. The molecule has 0 fully saturated rings. The minimum absolute atomic E-state index is 0. The lowest BCUT2D eigenvalue weighted by atomic mass is 10.6. The molecule has 0 spiro atoms. The van der Waals surface area contributed by atoms with Crippen molar-refractivity contribution in [3.63, 3.8) is 0 Å². The summed E-state index contributed by atoms with van der Waals surface area (Å²) >= 11 is 0. The molecule has 0 saturated heterocycles. The first-order valence-electron chi connectivity index (χ1n) is 4.08. The largest absolute Gasteiger partial charge is 0.326 e. The van der Waals surface area contributed by atoms with Crippen molar-refractivity contribution in [1.82, 2.24) is 20.4 Å². The lowest BCUT2D eigenvalue weighted by Crippen LogP contribution is -1.69. The molecule has 0 amide bonds. The van der Waals surface area contributed by atoms with Crippen LogP contribution in [0.3, 0.4) is 0 Å². The van der Waals surface area contributed by atoms with Crippen LogP contribution in [0.4, 0.5) is 0 Å². The minimum atomic E-state index is -3.13. The molecule has 0 radical (unpaired) electrons. The van der Waals surface area contributed by atoms with E-state index in [4.69, 9.17) is 14.4 Å². The van der Waals surface area contributed by atoms with Gasteiger partial charge in [0.05, 0.1) is 0 Å². The molecule has 0 bridgehead atoms. The van der Waals surface area contributed by atoms with E-state index < -0.39 is 8.25 Å². The summed E-state index contributed by atoms with van der Waals surface area (Å²) in [6, 6.07) is 7.31. The molecule has 0 aliphatic heterocycles. The molecule has 2 rings (SSSR count). The maximum atomic E-state index is 8.74. The molecule has 0 aliphatic rings.